The van der Waals surface area contributed by atoms with Crippen LogP contribution in [0.15, 0.2) is 87.2 Å². The number of benzene rings is 3. The molecule has 0 bridgehead atoms. The van der Waals surface area contributed by atoms with Crippen molar-refractivity contribution in [3.8, 4) is 17.1 Å². The van der Waals surface area contributed by atoms with Crippen molar-refractivity contribution in [2.24, 2.45) is 0 Å². The summed E-state index contributed by atoms with van der Waals surface area (Å²) in [6.07, 6.45) is -9.79. The van der Waals surface area contributed by atoms with Gasteiger partial charge in [0.1, 0.15) is 0 Å². The molecule has 0 fully saturated rings. The average Bonchev–Trinajstić information content (AvgIpc) is 2.84. The van der Waals surface area contributed by atoms with E-state index in [1.807, 2.05) is 0 Å². The number of hydrogen-bond donors (Lipinski definition) is 0. The summed E-state index contributed by atoms with van der Waals surface area (Å²) < 4.78 is 83.4. The highest BCUT2D eigenvalue weighted by Gasteiger charge is 2.37. The van der Waals surface area contributed by atoms with Crippen LogP contribution < -0.4 is 17.1 Å². The SMILES string of the molecule is CCc1ccccc1-n1c(=O)n(-c2ccccc2C(F)(F)F)c(=O)n(-c2ccccc2C(F)(F)F)c1=O. The zero-order valence-electron chi connectivity index (χ0n) is 19.0. The van der Waals surface area contributed by atoms with Gasteiger partial charge in [-0.05, 0) is 42.3 Å². The van der Waals surface area contributed by atoms with Crippen LogP contribution >= 0.6 is 0 Å². The van der Waals surface area contributed by atoms with Gasteiger partial charge in [-0.3, -0.25) is 0 Å². The zero-order chi connectivity index (χ0) is 27.1. The predicted octanol–water partition coefficient (Wildman–Crippen LogP) is 4.74. The molecule has 0 unspecified atom stereocenters. The second kappa shape index (κ2) is 9.26. The summed E-state index contributed by atoms with van der Waals surface area (Å²) in [6.45, 7) is 1.68. The Hall–Kier alpha value is -4.35. The van der Waals surface area contributed by atoms with Crippen LogP contribution in [0.5, 0.6) is 0 Å². The molecule has 0 N–H and O–H groups in total. The largest absolute Gasteiger partial charge is 0.418 e. The number of nitrogens with zero attached hydrogens (tertiary/aromatic N) is 3. The van der Waals surface area contributed by atoms with Crippen LogP contribution in [-0.2, 0) is 18.8 Å². The molecule has 37 heavy (non-hydrogen) atoms. The molecule has 0 radical (unpaired) electrons. The van der Waals surface area contributed by atoms with E-state index in [9.17, 15) is 40.7 Å². The highest BCUT2D eigenvalue weighted by molar-refractivity contribution is 5.47. The number of aromatic nitrogens is 3. The number of aryl methyl sites for hydroxylation is 1. The van der Waals surface area contributed by atoms with Crippen molar-refractivity contribution in [3.63, 3.8) is 0 Å². The van der Waals surface area contributed by atoms with E-state index in [-0.39, 0.29) is 21.2 Å². The monoisotopic (exact) mass is 521 g/mol. The fraction of sp³-hybridized carbons (Fsp3) is 0.160. The van der Waals surface area contributed by atoms with E-state index in [0.717, 1.165) is 36.4 Å². The third-order valence-corrected chi connectivity index (χ3v) is 5.66. The summed E-state index contributed by atoms with van der Waals surface area (Å²) in [6, 6.07) is 13.1. The second-order valence-corrected chi connectivity index (χ2v) is 7.87. The first-order chi connectivity index (χ1) is 17.4. The summed E-state index contributed by atoms with van der Waals surface area (Å²) in [5.41, 5.74) is -8.96. The number of hydrogen-bond acceptors (Lipinski definition) is 3. The van der Waals surface area contributed by atoms with Gasteiger partial charge in [0, 0.05) is 0 Å². The average molecular weight is 521 g/mol. The number of rotatable bonds is 4. The van der Waals surface area contributed by atoms with Crippen LogP contribution in [-0.4, -0.2) is 13.7 Å². The fourth-order valence-electron chi connectivity index (χ4n) is 4.01. The van der Waals surface area contributed by atoms with Crippen LogP contribution in [0.2, 0.25) is 0 Å². The first-order valence-corrected chi connectivity index (χ1v) is 10.8. The molecule has 0 amide bonds. The number of para-hydroxylation sites is 3. The van der Waals surface area contributed by atoms with Gasteiger partial charge in [-0.1, -0.05) is 49.4 Å². The van der Waals surface area contributed by atoms with Crippen molar-refractivity contribution in [2.75, 3.05) is 0 Å². The number of alkyl halides is 6. The lowest BCUT2D eigenvalue weighted by Gasteiger charge is -2.20. The molecule has 1 heterocycles. The molecule has 0 aliphatic carbocycles. The van der Waals surface area contributed by atoms with Gasteiger partial charge in [-0.25, -0.2) is 28.1 Å². The molecule has 0 aliphatic heterocycles. The smallest absolute Gasteiger partial charge is 0.246 e. The standard InChI is InChI=1S/C25H17F6N3O3/c1-2-15-9-3-6-12-18(15)32-21(35)33(19-13-7-4-10-16(19)24(26,27)28)23(37)34(22(32)36)20-14-8-5-11-17(20)25(29,30)31/h3-14H,2H2,1H3. The predicted molar refractivity (Wildman–Crippen MR) is 123 cm³/mol. The molecule has 0 saturated carbocycles. The summed E-state index contributed by atoms with van der Waals surface area (Å²) in [4.78, 5) is 40.6. The van der Waals surface area contributed by atoms with E-state index in [0.29, 0.717) is 22.3 Å². The van der Waals surface area contributed by atoms with Gasteiger partial charge < -0.3 is 0 Å². The molecular weight excluding hydrogens is 504 g/mol. The molecule has 3 aromatic carbocycles. The van der Waals surface area contributed by atoms with Crippen LogP contribution in [0, 0.1) is 0 Å². The summed E-state index contributed by atoms with van der Waals surface area (Å²) in [5.74, 6) is 0. The van der Waals surface area contributed by atoms with Crippen molar-refractivity contribution in [3.05, 3.63) is 121 Å². The minimum atomic E-state index is -5.03. The number of halogens is 6. The van der Waals surface area contributed by atoms with Crippen LogP contribution in [0.4, 0.5) is 26.3 Å². The van der Waals surface area contributed by atoms with Crippen molar-refractivity contribution < 1.29 is 26.3 Å². The van der Waals surface area contributed by atoms with Crippen molar-refractivity contribution in [2.45, 2.75) is 25.7 Å². The molecule has 1 aromatic heterocycles. The maximum Gasteiger partial charge on any atom is 0.418 e. The van der Waals surface area contributed by atoms with Crippen molar-refractivity contribution in [1.29, 1.82) is 0 Å². The molecule has 0 saturated heterocycles. The van der Waals surface area contributed by atoms with Gasteiger partial charge in [-0.15, -0.1) is 0 Å². The van der Waals surface area contributed by atoms with E-state index in [1.165, 1.54) is 18.2 Å². The van der Waals surface area contributed by atoms with E-state index in [1.54, 1.807) is 13.0 Å². The Balaban J connectivity index is 2.27. The summed E-state index contributed by atoms with van der Waals surface area (Å²) in [5, 5.41) is 0. The van der Waals surface area contributed by atoms with Crippen LogP contribution in [0.1, 0.15) is 23.6 Å². The summed E-state index contributed by atoms with van der Waals surface area (Å²) in [7, 11) is 0. The molecule has 0 atom stereocenters. The van der Waals surface area contributed by atoms with Gasteiger partial charge in [0.15, 0.2) is 0 Å². The normalized spacial score (nSPS) is 12.1. The van der Waals surface area contributed by atoms with Gasteiger partial charge >= 0.3 is 29.4 Å². The third kappa shape index (κ3) is 4.50. The highest BCUT2D eigenvalue weighted by Crippen LogP contribution is 2.34. The Morgan fingerprint density at radius 2 is 0.865 bits per heavy atom. The Morgan fingerprint density at radius 1 is 0.541 bits per heavy atom. The quantitative estimate of drug-likeness (QED) is 0.365. The minimum absolute atomic E-state index is 0.0593. The molecule has 4 rings (SSSR count). The molecule has 192 valence electrons. The topological polar surface area (TPSA) is 66.0 Å². The minimum Gasteiger partial charge on any atom is -0.246 e. The molecule has 0 aliphatic rings. The van der Waals surface area contributed by atoms with E-state index in [2.05, 4.69) is 0 Å². The maximum atomic E-state index is 13.8. The first-order valence-electron chi connectivity index (χ1n) is 10.8. The van der Waals surface area contributed by atoms with Crippen molar-refractivity contribution >= 4 is 0 Å². The van der Waals surface area contributed by atoms with Gasteiger partial charge in [0.25, 0.3) is 0 Å². The van der Waals surface area contributed by atoms with Crippen LogP contribution in [0.25, 0.3) is 17.1 Å². The Bertz CT molecular complexity index is 1570. The Morgan fingerprint density at radius 3 is 1.24 bits per heavy atom. The van der Waals surface area contributed by atoms with E-state index >= 15 is 0 Å². The second-order valence-electron chi connectivity index (χ2n) is 7.87. The van der Waals surface area contributed by atoms with Gasteiger partial charge in [0.2, 0.25) is 0 Å². The molecule has 4 aromatic rings. The third-order valence-electron chi connectivity index (χ3n) is 5.66. The Kier molecular flexibility index (Phi) is 6.44. The lowest BCUT2D eigenvalue weighted by Crippen LogP contribution is -2.53. The van der Waals surface area contributed by atoms with Crippen molar-refractivity contribution in [1.82, 2.24) is 13.7 Å². The lowest BCUT2D eigenvalue weighted by atomic mass is 10.1. The van der Waals surface area contributed by atoms with Crippen LogP contribution in [0.3, 0.4) is 0 Å². The highest BCUT2D eigenvalue weighted by atomic mass is 19.4. The molecule has 12 heteroatoms. The van der Waals surface area contributed by atoms with E-state index < -0.39 is 51.9 Å². The molecular formula is C25H17F6N3O3. The van der Waals surface area contributed by atoms with Gasteiger partial charge in [0.05, 0.1) is 28.2 Å². The zero-order valence-corrected chi connectivity index (χ0v) is 19.0. The molecule has 6 nitrogen and oxygen atoms in total. The fourth-order valence-corrected chi connectivity index (χ4v) is 4.01. The maximum absolute atomic E-state index is 13.8. The molecule has 0 spiro atoms. The summed E-state index contributed by atoms with van der Waals surface area (Å²) >= 11 is 0. The van der Waals surface area contributed by atoms with E-state index in [4.69, 9.17) is 0 Å². The Labute approximate surface area is 204 Å². The van der Waals surface area contributed by atoms with Gasteiger partial charge in [-0.2, -0.15) is 26.3 Å². The first kappa shape index (κ1) is 25.7. The lowest BCUT2D eigenvalue weighted by molar-refractivity contribution is -0.138.